The summed E-state index contributed by atoms with van der Waals surface area (Å²) in [6.45, 7) is 4.59. The van der Waals surface area contributed by atoms with Gasteiger partial charge in [-0.3, -0.25) is 0 Å². The molecular weight excluding hydrogens is 146 g/mol. The van der Waals surface area contributed by atoms with Crippen LogP contribution in [0.2, 0.25) is 0 Å². The Morgan fingerprint density at radius 3 is 2.25 bits per heavy atom. The Morgan fingerprint density at radius 1 is 1.17 bits per heavy atom. The summed E-state index contributed by atoms with van der Waals surface area (Å²) in [5, 5.41) is 0. The van der Waals surface area contributed by atoms with E-state index in [1.54, 1.807) is 0 Å². The molecule has 0 aromatic heterocycles. The maximum Gasteiger partial charge on any atom is 0.00933 e. The zero-order valence-corrected chi connectivity index (χ0v) is 7.75. The Morgan fingerprint density at radius 2 is 1.75 bits per heavy atom. The van der Waals surface area contributed by atoms with Crippen molar-refractivity contribution in [1.29, 1.82) is 0 Å². The van der Waals surface area contributed by atoms with Crippen molar-refractivity contribution in [3.8, 4) is 0 Å². The lowest BCUT2D eigenvalue weighted by Gasteiger charge is -2.36. The second-order valence-corrected chi connectivity index (χ2v) is 3.83. The summed E-state index contributed by atoms with van der Waals surface area (Å²) in [7, 11) is 2.17. The van der Waals surface area contributed by atoms with E-state index in [0.717, 1.165) is 5.92 Å². The van der Waals surface area contributed by atoms with Gasteiger partial charge in [0.05, 0.1) is 0 Å². The highest BCUT2D eigenvalue weighted by molar-refractivity contribution is 5.26. The lowest BCUT2D eigenvalue weighted by molar-refractivity contribution is 0.190. The zero-order chi connectivity index (χ0) is 8.55. The number of likely N-dealkylation sites (tertiary alicyclic amines) is 1. The summed E-state index contributed by atoms with van der Waals surface area (Å²) in [6.07, 6.45) is 0. The molecule has 1 saturated heterocycles. The molecule has 0 unspecified atom stereocenters. The molecule has 0 N–H and O–H groups in total. The smallest absolute Gasteiger partial charge is 0.00933 e. The number of likely N-dealkylation sites (N-methyl/N-ethyl adjacent to an activating group) is 1. The lowest BCUT2D eigenvalue weighted by Crippen LogP contribution is -2.41. The molecule has 1 fully saturated rings. The second-order valence-electron chi connectivity index (χ2n) is 3.83. The van der Waals surface area contributed by atoms with Crippen LogP contribution in [0, 0.1) is 6.92 Å². The fraction of sp³-hybridized carbons (Fsp3) is 0.455. The average Bonchev–Trinajstić information content (AvgIpc) is 2.01. The van der Waals surface area contributed by atoms with Gasteiger partial charge in [-0.1, -0.05) is 29.8 Å². The SMILES string of the molecule is Cc1ccc(C2CN(C)C2)cc1. The second kappa shape index (κ2) is 2.91. The van der Waals surface area contributed by atoms with Crippen LogP contribution < -0.4 is 0 Å². The van der Waals surface area contributed by atoms with Gasteiger partial charge in [-0.15, -0.1) is 0 Å². The summed E-state index contributed by atoms with van der Waals surface area (Å²) >= 11 is 0. The van der Waals surface area contributed by atoms with Gasteiger partial charge >= 0.3 is 0 Å². The highest BCUT2D eigenvalue weighted by Crippen LogP contribution is 2.25. The first kappa shape index (κ1) is 7.81. The molecule has 2 rings (SSSR count). The molecule has 1 aliphatic heterocycles. The molecule has 1 aromatic rings. The standard InChI is InChI=1S/C11H15N/c1-9-3-5-10(6-4-9)11-7-12(2)8-11/h3-6,11H,7-8H2,1-2H3. The van der Waals surface area contributed by atoms with E-state index in [-0.39, 0.29) is 0 Å². The fourth-order valence-corrected chi connectivity index (χ4v) is 1.75. The molecule has 0 aliphatic carbocycles. The van der Waals surface area contributed by atoms with Crippen molar-refractivity contribution in [2.75, 3.05) is 20.1 Å². The van der Waals surface area contributed by atoms with Crippen LogP contribution in [0.5, 0.6) is 0 Å². The Balaban J connectivity index is 2.09. The van der Waals surface area contributed by atoms with E-state index in [9.17, 15) is 0 Å². The maximum atomic E-state index is 2.35. The average molecular weight is 161 g/mol. The van der Waals surface area contributed by atoms with E-state index in [4.69, 9.17) is 0 Å². The molecule has 1 nitrogen and oxygen atoms in total. The van der Waals surface area contributed by atoms with Crippen LogP contribution >= 0.6 is 0 Å². The van der Waals surface area contributed by atoms with Crippen molar-refractivity contribution in [3.63, 3.8) is 0 Å². The van der Waals surface area contributed by atoms with Crippen LogP contribution in [0.1, 0.15) is 17.0 Å². The molecule has 1 heterocycles. The van der Waals surface area contributed by atoms with Gasteiger partial charge in [0.2, 0.25) is 0 Å². The van der Waals surface area contributed by atoms with Crippen LogP contribution in [0.3, 0.4) is 0 Å². The molecule has 64 valence electrons. The van der Waals surface area contributed by atoms with Crippen LogP contribution in [-0.4, -0.2) is 25.0 Å². The fourth-order valence-electron chi connectivity index (χ4n) is 1.75. The highest BCUT2D eigenvalue weighted by Gasteiger charge is 2.23. The Kier molecular flexibility index (Phi) is 1.89. The normalized spacial score (nSPS) is 19.2. The van der Waals surface area contributed by atoms with Gasteiger partial charge in [0.25, 0.3) is 0 Å². The van der Waals surface area contributed by atoms with Gasteiger partial charge in [0.15, 0.2) is 0 Å². The molecule has 0 radical (unpaired) electrons. The van der Waals surface area contributed by atoms with Gasteiger partial charge in [0, 0.05) is 19.0 Å². The van der Waals surface area contributed by atoms with Crippen molar-refractivity contribution in [2.45, 2.75) is 12.8 Å². The van der Waals surface area contributed by atoms with Crippen LogP contribution in [0.15, 0.2) is 24.3 Å². The first-order valence-corrected chi connectivity index (χ1v) is 4.51. The van der Waals surface area contributed by atoms with E-state index >= 15 is 0 Å². The van der Waals surface area contributed by atoms with Gasteiger partial charge in [0.1, 0.15) is 0 Å². The molecule has 0 bridgehead atoms. The number of benzene rings is 1. The van der Waals surface area contributed by atoms with E-state index in [1.807, 2.05) is 0 Å². The molecular formula is C11H15N. The van der Waals surface area contributed by atoms with Crippen molar-refractivity contribution in [3.05, 3.63) is 35.4 Å². The minimum atomic E-state index is 0.788. The monoisotopic (exact) mass is 161 g/mol. The van der Waals surface area contributed by atoms with Gasteiger partial charge in [-0.05, 0) is 19.5 Å². The minimum Gasteiger partial charge on any atom is -0.305 e. The van der Waals surface area contributed by atoms with E-state index in [1.165, 1.54) is 24.2 Å². The number of hydrogen-bond acceptors (Lipinski definition) is 1. The van der Waals surface area contributed by atoms with Crippen LogP contribution in [0.25, 0.3) is 0 Å². The summed E-state index contributed by atoms with van der Waals surface area (Å²) in [5.74, 6) is 0.788. The molecule has 0 spiro atoms. The Bertz CT molecular complexity index is 257. The third-order valence-electron chi connectivity index (χ3n) is 2.61. The topological polar surface area (TPSA) is 3.24 Å². The highest BCUT2D eigenvalue weighted by atomic mass is 15.2. The zero-order valence-electron chi connectivity index (χ0n) is 7.75. The minimum absolute atomic E-state index is 0.788. The Hall–Kier alpha value is -0.820. The molecule has 1 heteroatoms. The van der Waals surface area contributed by atoms with Crippen molar-refractivity contribution < 1.29 is 0 Å². The van der Waals surface area contributed by atoms with Gasteiger partial charge < -0.3 is 4.90 Å². The predicted molar refractivity (Wildman–Crippen MR) is 51.4 cm³/mol. The molecule has 0 amide bonds. The maximum absolute atomic E-state index is 2.35. The summed E-state index contributed by atoms with van der Waals surface area (Å²) < 4.78 is 0. The van der Waals surface area contributed by atoms with Crippen molar-refractivity contribution >= 4 is 0 Å². The number of rotatable bonds is 1. The predicted octanol–water partition coefficient (Wildman–Crippen LogP) is 2.02. The largest absolute Gasteiger partial charge is 0.305 e. The number of aryl methyl sites for hydroxylation is 1. The quantitative estimate of drug-likeness (QED) is 0.609. The summed E-state index contributed by atoms with van der Waals surface area (Å²) in [4.78, 5) is 2.35. The third-order valence-corrected chi connectivity index (χ3v) is 2.61. The van der Waals surface area contributed by atoms with Gasteiger partial charge in [-0.25, -0.2) is 0 Å². The summed E-state index contributed by atoms with van der Waals surface area (Å²) in [6, 6.07) is 8.92. The number of hydrogen-bond donors (Lipinski definition) is 0. The molecule has 0 atom stereocenters. The first-order valence-electron chi connectivity index (χ1n) is 4.51. The van der Waals surface area contributed by atoms with Crippen molar-refractivity contribution in [1.82, 2.24) is 4.90 Å². The van der Waals surface area contributed by atoms with Crippen LogP contribution in [0.4, 0.5) is 0 Å². The number of nitrogens with zero attached hydrogens (tertiary/aromatic N) is 1. The molecule has 1 aliphatic rings. The molecule has 0 saturated carbocycles. The van der Waals surface area contributed by atoms with Crippen molar-refractivity contribution in [2.24, 2.45) is 0 Å². The molecule has 12 heavy (non-hydrogen) atoms. The lowest BCUT2D eigenvalue weighted by atomic mass is 9.92. The molecule has 1 aromatic carbocycles. The van der Waals surface area contributed by atoms with E-state index in [2.05, 4.69) is 43.1 Å². The van der Waals surface area contributed by atoms with Crippen LogP contribution in [-0.2, 0) is 0 Å². The van der Waals surface area contributed by atoms with E-state index in [0.29, 0.717) is 0 Å². The summed E-state index contributed by atoms with van der Waals surface area (Å²) in [5.41, 5.74) is 2.85. The first-order chi connectivity index (χ1) is 5.75. The Labute approximate surface area is 74.0 Å². The van der Waals surface area contributed by atoms with Gasteiger partial charge in [-0.2, -0.15) is 0 Å². The third kappa shape index (κ3) is 1.37. The van der Waals surface area contributed by atoms with E-state index < -0.39 is 0 Å².